The van der Waals surface area contributed by atoms with Crippen molar-refractivity contribution in [2.45, 2.75) is 19.4 Å². The van der Waals surface area contributed by atoms with E-state index in [9.17, 15) is 4.79 Å². The Balaban J connectivity index is 1.72. The Hall–Kier alpha value is -3.58. The second-order valence-electron chi connectivity index (χ2n) is 5.81. The zero-order valence-corrected chi connectivity index (χ0v) is 15.2. The Morgan fingerprint density at radius 1 is 1.26 bits per heavy atom. The second-order valence-corrected chi connectivity index (χ2v) is 5.81. The molecule has 7 heteroatoms. The highest BCUT2D eigenvalue weighted by molar-refractivity contribution is 5.69. The zero-order chi connectivity index (χ0) is 19.5. The van der Waals surface area contributed by atoms with Gasteiger partial charge in [0.1, 0.15) is 49.0 Å². The van der Waals surface area contributed by atoms with E-state index in [1.807, 2.05) is 47.0 Å². The minimum Gasteiger partial charge on any atom is -0.493 e. The molecule has 7 nitrogen and oxygen atoms in total. The summed E-state index contributed by atoms with van der Waals surface area (Å²) in [6.07, 6.45) is 8.00. The van der Waals surface area contributed by atoms with Crippen LogP contribution in [0.3, 0.4) is 0 Å². The summed E-state index contributed by atoms with van der Waals surface area (Å²) >= 11 is 0. The minimum atomic E-state index is -0.264. The van der Waals surface area contributed by atoms with Gasteiger partial charge in [-0.3, -0.25) is 4.79 Å². The maximum absolute atomic E-state index is 11.8. The highest BCUT2D eigenvalue weighted by atomic mass is 16.5. The van der Waals surface area contributed by atoms with Crippen molar-refractivity contribution in [1.82, 2.24) is 4.57 Å². The van der Waals surface area contributed by atoms with E-state index < -0.39 is 0 Å². The summed E-state index contributed by atoms with van der Waals surface area (Å²) in [4.78, 5) is 11.8. The Labute approximate surface area is 158 Å². The van der Waals surface area contributed by atoms with Gasteiger partial charge < -0.3 is 9.47 Å². The number of benzene rings is 1. The normalized spacial score (nSPS) is 9.74. The molecule has 0 atom stereocenters. The van der Waals surface area contributed by atoms with E-state index in [2.05, 4.69) is 0 Å². The lowest BCUT2D eigenvalue weighted by Crippen LogP contribution is -2.24. The smallest absolute Gasteiger partial charge is 0.306 e. The number of aryl methyl sites for hydroxylation is 1. The standard InChI is InChI=1S/C20H21N4O3/c1-23-8-9-24(16-23)10-12-27-20(25)7-4-11-26-19-6-3-2-5-18(19)13-17(14-21)15-22/h2-3,5-6,8-9,13,16H,4,7,10-12H2,1H3/q+1. The summed E-state index contributed by atoms with van der Waals surface area (Å²) in [5.41, 5.74) is 0.656. The molecule has 0 aliphatic rings. The third kappa shape index (κ3) is 6.68. The molecule has 1 aromatic carbocycles. The van der Waals surface area contributed by atoms with Crippen LogP contribution in [0.2, 0.25) is 0 Å². The van der Waals surface area contributed by atoms with Crippen LogP contribution in [0.25, 0.3) is 6.08 Å². The van der Waals surface area contributed by atoms with Gasteiger partial charge in [-0.1, -0.05) is 18.2 Å². The molecule has 1 aromatic heterocycles. The number of imidazole rings is 1. The lowest BCUT2D eigenvalue weighted by molar-refractivity contribution is -0.671. The second kappa shape index (κ2) is 10.4. The number of rotatable bonds is 9. The van der Waals surface area contributed by atoms with E-state index in [4.69, 9.17) is 20.0 Å². The number of allylic oxidation sites excluding steroid dienone is 1. The Morgan fingerprint density at radius 2 is 2.04 bits per heavy atom. The van der Waals surface area contributed by atoms with Crippen molar-refractivity contribution in [3.63, 3.8) is 0 Å². The average Bonchev–Trinajstić information content (AvgIpc) is 3.09. The summed E-state index contributed by atoms with van der Waals surface area (Å²) in [6.45, 7) is 1.28. The Kier molecular flexibility index (Phi) is 7.62. The van der Waals surface area contributed by atoms with E-state index in [1.165, 1.54) is 6.08 Å². The molecule has 27 heavy (non-hydrogen) atoms. The predicted octanol–water partition coefficient (Wildman–Crippen LogP) is 2.15. The van der Waals surface area contributed by atoms with Crippen LogP contribution in [-0.2, 0) is 23.1 Å². The summed E-state index contributed by atoms with van der Waals surface area (Å²) in [6, 6.07) is 10.8. The van der Waals surface area contributed by atoms with E-state index in [1.54, 1.807) is 24.3 Å². The monoisotopic (exact) mass is 365 g/mol. The number of nitriles is 2. The van der Waals surface area contributed by atoms with Gasteiger partial charge in [0.05, 0.1) is 13.7 Å². The summed E-state index contributed by atoms with van der Waals surface area (Å²) in [7, 11) is 1.93. The van der Waals surface area contributed by atoms with E-state index >= 15 is 0 Å². The molecule has 0 bridgehead atoms. The van der Waals surface area contributed by atoms with Crippen molar-refractivity contribution < 1.29 is 18.8 Å². The minimum absolute atomic E-state index is 0.00548. The van der Waals surface area contributed by atoms with Crippen molar-refractivity contribution in [3.05, 3.63) is 54.1 Å². The number of aromatic nitrogens is 2. The molecule has 0 saturated carbocycles. The van der Waals surface area contributed by atoms with Crippen LogP contribution in [0.15, 0.2) is 48.6 Å². The average molecular weight is 365 g/mol. The molecule has 0 N–H and O–H groups in total. The third-order valence-electron chi connectivity index (χ3n) is 3.68. The lowest BCUT2D eigenvalue weighted by atomic mass is 10.1. The Bertz CT molecular complexity index is 871. The number of ether oxygens (including phenoxy) is 2. The van der Waals surface area contributed by atoms with Gasteiger partial charge >= 0.3 is 5.97 Å². The van der Waals surface area contributed by atoms with Crippen molar-refractivity contribution in [2.24, 2.45) is 7.05 Å². The molecule has 0 saturated heterocycles. The largest absolute Gasteiger partial charge is 0.493 e. The lowest BCUT2D eigenvalue weighted by Gasteiger charge is -2.09. The summed E-state index contributed by atoms with van der Waals surface area (Å²) < 4.78 is 14.7. The number of hydrogen-bond acceptors (Lipinski definition) is 5. The topological polar surface area (TPSA) is 91.9 Å². The molecule has 138 valence electrons. The fourth-order valence-corrected chi connectivity index (χ4v) is 2.35. The number of para-hydroxylation sites is 1. The van der Waals surface area contributed by atoms with Gasteiger partial charge in [0.15, 0.2) is 0 Å². The summed E-state index contributed by atoms with van der Waals surface area (Å²) in [5, 5.41) is 17.7. The van der Waals surface area contributed by atoms with Gasteiger partial charge in [-0.05, 0) is 18.6 Å². The first-order valence-corrected chi connectivity index (χ1v) is 8.52. The van der Waals surface area contributed by atoms with Crippen LogP contribution >= 0.6 is 0 Å². The first-order chi connectivity index (χ1) is 13.1. The SMILES string of the molecule is C[n+]1ccn(CCOC(=O)CCCOc2ccccc2C=C(C#N)C#N)c1. The number of carbonyl (C=O) groups is 1. The van der Waals surface area contributed by atoms with Gasteiger partial charge in [0.2, 0.25) is 6.33 Å². The van der Waals surface area contributed by atoms with Gasteiger partial charge in [0, 0.05) is 12.0 Å². The van der Waals surface area contributed by atoms with Crippen molar-refractivity contribution in [3.8, 4) is 17.9 Å². The highest BCUT2D eigenvalue weighted by Crippen LogP contribution is 2.21. The predicted molar refractivity (Wildman–Crippen MR) is 96.9 cm³/mol. The van der Waals surface area contributed by atoms with Crippen LogP contribution in [-0.4, -0.2) is 23.8 Å². The zero-order valence-electron chi connectivity index (χ0n) is 15.2. The molecule has 0 fully saturated rings. The first-order valence-electron chi connectivity index (χ1n) is 8.52. The number of esters is 1. The van der Waals surface area contributed by atoms with Gasteiger partial charge in [0.25, 0.3) is 0 Å². The van der Waals surface area contributed by atoms with Gasteiger partial charge in [-0.15, -0.1) is 0 Å². The first kappa shape index (κ1) is 19.7. The van der Waals surface area contributed by atoms with Crippen molar-refractivity contribution in [2.75, 3.05) is 13.2 Å². The fourth-order valence-electron chi connectivity index (χ4n) is 2.35. The molecule has 1 heterocycles. The molecular weight excluding hydrogens is 344 g/mol. The van der Waals surface area contributed by atoms with Crippen LogP contribution < -0.4 is 9.30 Å². The van der Waals surface area contributed by atoms with Crippen LogP contribution in [0.4, 0.5) is 0 Å². The molecule has 0 aliphatic heterocycles. The van der Waals surface area contributed by atoms with Gasteiger partial charge in [-0.25, -0.2) is 9.13 Å². The molecule has 0 radical (unpaired) electrons. The van der Waals surface area contributed by atoms with Crippen LogP contribution in [0, 0.1) is 22.7 Å². The highest BCUT2D eigenvalue weighted by Gasteiger charge is 2.07. The van der Waals surface area contributed by atoms with E-state index in [-0.39, 0.29) is 18.0 Å². The molecule has 0 spiro atoms. The molecule has 0 aliphatic carbocycles. The summed E-state index contributed by atoms with van der Waals surface area (Å²) in [5.74, 6) is 0.300. The Morgan fingerprint density at radius 3 is 2.74 bits per heavy atom. The quantitative estimate of drug-likeness (QED) is 0.294. The maximum Gasteiger partial charge on any atom is 0.306 e. The van der Waals surface area contributed by atoms with Gasteiger partial charge in [-0.2, -0.15) is 10.5 Å². The molecular formula is C20H21N4O3+. The fraction of sp³-hybridized carbons (Fsp3) is 0.300. The van der Waals surface area contributed by atoms with Crippen LogP contribution in [0.1, 0.15) is 18.4 Å². The molecule has 0 unspecified atom stereocenters. The third-order valence-corrected chi connectivity index (χ3v) is 3.68. The molecule has 2 aromatic rings. The van der Waals surface area contributed by atoms with Crippen LogP contribution in [0.5, 0.6) is 5.75 Å². The van der Waals surface area contributed by atoms with Crippen molar-refractivity contribution in [1.29, 1.82) is 10.5 Å². The van der Waals surface area contributed by atoms with E-state index in [0.717, 1.165) is 0 Å². The number of hydrogen-bond donors (Lipinski definition) is 0. The van der Waals surface area contributed by atoms with E-state index in [0.29, 0.717) is 37.5 Å². The number of nitrogens with zero attached hydrogens (tertiary/aromatic N) is 4. The molecule has 2 rings (SSSR count). The van der Waals surface area contributed by atoms with Crippen molar-refractivity contribution >= 4 is 12.0 Å². The maximum atomic E-state index is 11.8. The molecule has 0 amide bonds. The number of carbonyl (C=O) groups excluding carboxylic acids is 1.